The molecule has 0 bridgehead atoms. The van der Waals surface area contributed by atoms with Crippen LogP contribution in [-0.2, 0) is 16.0 Å². The summed E-state index contributed by atoms with van der Waals surface area (Å²) in [5.74, 6) is 0.294. The highest BCUT2D eigenvalue weighted by Crippen LogP contribution is 2.32. The zero-order valence-electron chi connectivity index (χ0n) is 22.4. The van der Waals surface area contributed by atoms with Gasteiger partial charge in [0, 0.05) is 30.1 Å². The fraction of sp³-hybridized carbons (Fsp3) is 0.630. The quantitative estimate of drug-likeness (QED) is 0.327. The van der Waals surface area contributed by atoms with Crippen LogP contribution < -0.4 is 9.47 Å². The lowest BCUT2D eigenvalue weighted by Crippen LogP contribution is -2.67. The van der Waals surface area contributed by atoms with E-state index in [1.54, 1.807) is 11.6 Å². The Labute approximate surface area is 217 Å². The molecule has 2 heterocycles. The number of aromatic nitrogens is 2. The highest BCUT2D eigenvalue weighted by Gasteiger charge is 2.54. The van der Waals surface area contributed by atoms with E-state index in [4.69, 9.17) is 14.2 Å². The predicted octanol–water partition coefficient (Wildman–Crippen LogP) is 2.07. The fourth-order valence-electron chi connectivity index (χ4n) is 4.48. The zero-order chi connectivity index (χ0) is 27.5. The Morgan fingerprint density at radius 2 is 1.84 bits per heavy atom. The Bertz CT molecular complexity index is 1050. The first-order chi connectivity index (χ1) is 17.4. The van der Waals surface area contributed by atoms with E-state index in [1.165, 1.54) is 0 Å². The molecule has 10 heteroatoms. The summed E-state index contributed by atoms with van der Waals surface area (Å²) < 4.78 is 18.7. The van der Waals surface area contributed by atoms with E-state index < -0.39 is 42.6 Å². The van der Waals surface area contributed by atoms with Gasteiger partial charge in [0.25, 0.3) is 0 Å². The van der Waals surface area contributed by atoms with Crippen LogP contribution in [0, 0.1) is 6.92 Å². The summed E-state index contributed by atoms with van der Waals surface area (Å²) >= 11 is 0. The minimum atomic E-state index is -2.25. The van der Waals surface area contributed by atoms with Gasteiger partial charge in [0.05, 0.1) is 12.7 Å². The molecule has 1 aliphatic rings. The maximum Gasteiger partial charge on any atom is 0.239 e. The molecular formula is C27H40N2O8. The first kappa shape index (κ1) is 29.1. The maximum atomic E-state index is 12.3. The number of hydrogen-bond acceptors (Lipinski definition) is 9. The Morgan fingerprint density at radius 1 is 1.19 bits per heavy atom. The van der Waals surface area contributed by atoms with Crippen LogP contribution in [0.15, 0.2) is 24.3 Å². The van der Waals surface area contributed by atoms with Crippen molar-refractivity contribution in [3.8, 4) is 11.6 Å². The third-order valence-electron chi connectivity index (χ3n) is 6.52. The molecule has 10 nitrogen and oxygen atoms in total. The average Bonchev–Trinajstić information content (AvgIpc) is 3.13. The number of rotatable bonds is 11. The van der Waals surface area contributed by atoms with Gasteiger partial charge in [0.1, 0.15) is 24.1 Å². The first-order valence-electron chi connectivity index (χ1n) is 12.8. The summed E-state index contributed by atoms with van der Waals surface area (Å²) in [6, 6.07) is 7.70. The number of aliphatic hydroxyl groups is 4. The SMILES string of the molecule is CCCC(=O)[C@]1(O)CO[C@H](C(O)Oc2nn(C(C)C)c(C)c2Cc2ccc(OC(C)C)cc2)[C@@H](O)[C@@H]1O. The van der Waals surface area contributed by atoms with Crippen molar-refractivity contribution in [2.75, 3.05) is 6.61 Å². The van der Waals surface area contributed by atoms with Crippen molar-refractivity contribution >= 4 is 5.78 Å². The lowest BCUT2D eigenvalue weighted by Gasteiger charge is -2.43. The van der Waals surface area contributed by atoms with Gasteiger partial charge in [0.2, 0.25) is 12.2 Å². The third-order valence-corrected chi connectivity index (χ3v) is 6.52. The minimum Gasteiger partial charge on any atom is -0.491 e. The fourth-order valence-corrected chi connectivity index (χ4v) is 4.48. The van der Waals surface area contributed by atoms with Crippen LogP contribution >= 0.6 is 0 Å². The Balaban J connectivity index is 1.81. The largest absolute Gasteiger partial charge is 0.491 e. The molecule has 0 spiro atoms. The number of Topliss-reactive ketones (excluding diaryl/α,β-unsaturated/α-hetero) is 1. The van der Waals surface area contributed by atoms with Gasteiger partial charge in [-0.15, -0.1) is 5.10 Å². The van der Waals surface area contributed by atoms with Crippen molar-refractivity contribution in [1.82, 2.24) is 9.78 Å². The monoisotopic (exact) mass is 520 g/mol. The van der Waals surface area contributed by atoms with Crippen LogP contribution in [0.2, 0.25) is 0 Å². The van der Waals surface area contributed by atoms with Gasteiger partial charge in [-0.25, -0.2) is 0 Å². The summed E-state index contributed by atoms with van der Waals surface area (Å²) in [5.41, 5.74) is 0.318. The van der Waals surface area contributed by atoms with Crippen molar-refractivity contribution in [2.24, 2.45) is 0 Å². The van der Waals surface area contributed by atoms with Gasteiger partial charge in [0.15, 0.2) is 11.4 Å². The second kappa shape index (κ2) is 11.9. The molecule has 1 fully saturated rings. The maximum absolute atomic E-state index is 12.3. The van der Waals surface area contributed by atoms with Gasteiger partial charge in [-0.3, -0.25) is 9.48 Å². The molecule has 37 heavy (non-hydrogen) atoms. The van der Waals surface area contributed by atoms with Crippen LogP contribution in [0.25, 0.3) is 0 Å². The molecule has 206 valence electrons. The lowest BCUT2D eigenvalue weighted by molar-refractivity contribution is -0.265. The highest BCUT2D eigenvalue weighted by molar-refractivity contribution is 5.88. The molecule has 2 aromatic rings. The molecule has 0 saturated carbocycles. The molecule has 5 atom stereocenters. The Morgan fingerprint density at radius 3 is 2.41 bits per heavy atom. The molecule has 1 saturated heterocycles. The second-order valence-corrected chi connectivity index (χ2v) is 10.2. The van der Waals surface area contributed by atoms with Gasteiger partial charge < -0.3 is 34.6 Å². The summed E-state index contributed by atoms with van der Waals surface area (Å²) in [5, 5.41) is 47.1. The van der Waals surface area contributed by atoms with Crippen LogP contribution in [0.1, 0.15) is 70.3 Å². The molecule has 0 aliphatic carbocycles. The van der Waals surface area contributed by atoms with Crippen molar-refractivity contribution in [3.63, 3.8) is 0 Å². The summed E-state index contributed by atoms with van der Waals surface area (Å²) in [4.78, 5) is 12.3. The van der Waals surface area contributed by atoms with Crippen molar-refractivity contribution in [2.45, 2.75) is 103 Å². The number of carbonyl (C=O) groups is 1. The number of hydrogen-bond donors (Lipinski definition) is 4. The number of ether oxygens (including phenoxy) is 3. The van der Waals surface area contributed by atoms with Crippen LogP contribution in [0.5, 0.6) is 11.6 Å². The molecule has 1 aliphatic heterocycles. The van der Waals surface area contributed by atoms with Crippen LogP contribution in [-0.4, -0.2) is 78.9 Å². The van der Waals surface area contributed by atoms with Crippen molar-refractivity contribution in [3.05, 3.63) is 41.1 Å². The normalized spacial score (nSPS) is 24.9. The minimum absolute atomic E-state index is 0.0210. The number of nitrogens with zero attached hydrogens (tertiary/aromatic N) is 2. The van der Waals surface area contributed by atoms with Gasteiger partial charge in [-0.2, -0.15) is 0 Å². The zero-order valence-corrected chi connectivity index (χ0v) is 22.4. The molecule has 1 unspecified atom stereocenters. The molecular weight excluding hydrogens is 480 g/mol. The predicted molar refractivity (Wildman–Crippen MR) is 136 cm³/mol. The topological polar surface area (TPSA) is 144 Å². The molecule has 0 radical (unpaired) electrons. The first-order valence-corrected chi connectivity index (χ1v) is 12.8. The van der Waals surface area contributed by atoms with Gasteiger partial charge in [-0.05, 0) is 58.7 Å². The van der Waals surface area contributed by atoms with E-state index in [-0.39, 0.29) is 24.4 Å². The molecule has 4 N–H and O–H groups in total. The van der Waals surface area contributed by atoms with Crippen molar-refractivity contribution in [1.29, 1.82) is 0 Å². The number of aliphatic hydroxyl groups excluding tert-OH is 3. The number of benzene rings is 1. The molecule has 1 aromatic carbocycles. The molecule has 1 aromatic heterocycles. The van der Waals surface area contributed by atoms with E-state index in [2.05, 4.69) is 5.10 Å². The summed E-state index contributed by atoms with van der Waals surface area (Å²) in [7, 11) is 0. The molecule has 3 rings (SSSR count). The Hall–Kier alpha value is -2.50. The lowest BCUT2D eigenvalue weighted by atomic mass is 9.83. The number of carbonyl (C=O) groups excluding carboxylic acids is 1. The third kappa shape index (κ3) is 6.32. The summed E-state index contributed by atoms with van der Waals surface area (Å²) in [6.07, 6.45) is -5.72. The van der Waals surface area contributed by atoms with E-state index >= 15 is 0 Å². The number of ketones is 1. The van der Waals surface area contributed by atoms with Gasteiger partial charge >= 0.3 is 0 Å². The highest BCUT2D eigenvalue weighted by atomic mass is 16.6. The van der Waals surface area contributed by atoms with E-state index in [0.717, 1.165) is 22.6 Å². The Kier molecular flexibility index (Phi) is 9.36. The van der Waals surface area contributed by atoms with E-state index in [0.29, 0.717) is 12.8 Å². The van der Waals surface area contributed by atoms with E-state index in [9.17, 15) is 25.2 Å². The summed E-state index contributed by atoms with van der Waals surface area (Å²) in [6.45, 7) is 11.0. The van der Waals surface area contributed by atoms with Crippen LogP contribution in [0.4, 0.5) is 0 Å². The van der Waals surface area contributed by atoms with Gasteiger partial charge in [-0.1, -0.05) is 19.1 Å². The second-order valence-electron chi connectivity index (χ2n) is 10.2. The molecule has 0 amide bonds. The van der Waals surface area contributed by atoms with E-state index in [1.807, 2.05) is 58.9 Å². The standard InChI is InChI=1S/C27H40N2O8/c1-7-8-21(30)27(34)14-35-23(22(31)24(27)32)26(33)37-25-20(17(6)29(28-25)15(2)3)13-18-9-11-19(12-10-18)36-16(4)5/h9-12,15-16,22-24,26,31-34H,7-8,13-14H2,1-6H3/t22-,23+,24+,26?,27-/m1/s1. The van der Waals surface area contributed by atoms with Crippen molar-refractivity contribution < 1.29 is 39.4 Å². The average molecular weight is 521 g/mol. The smallest absolute Gasteiger partial charge is 0.239 e. The van der Waals surface area contributed by atoms with Crippen LogP contribution in [0.3, 0.4) is 0 Å².